The van der Waals surface area contributed by atoms with E-state index in [0.29, 0.717) is 10.6 Å². The van der Waals surface area contributed by atoms with Gasteiger partial charge in [-0.1, -0.05) is 65.1 Å². The number of phenols is 1. The summed E-state index contributed by atoms with van der Waals surface area (Å²) < 4.78 is 0. The van der Waals surface area contributed by atoms with Gasteiger partial charge in [0.15, 0.2) is 0 Å². The lowest BCUT2D eigenvalue weighted by Crippen LogP contribution is -1.83. The minimum Gasteiger partial charge on any atom is -0.506 e. The molecule has 0 aliphatic heterocycles. The van der Waals surface area contributed by atoms with E-state index in [1.165, 1.54) is 6.07 Å². The molecule has 0 radical (unpaired) electrons. The maximum atomic E-state index is 9.45. The molecule has 2 aromatic rings. The van der Waals surface area contributed by atoms with Gasteiger partial charge in [0.2, 0.25) is 0 Å². The van der Waals surface area contributed by atoms with Gasteiger partial charge in [-0.15, -0.1) is 0 Å². The van der Waals surface area contributed by atoms with E-state index in [-0.39, 0.29) is 15.8 Å². The van der Waals surface area contributed by atoms with Crippen LogP contribution < -0.4 is 0 Å². The summed E-state index contributed by atoms with van der Waals surface area (Å²) >= 11 is 18.0. The summed E-state index contributed by atoms with van der Waals surface area (Å²) in [6, 6.07) is 10.8. The van der Waals surface area contributed by atoms with Crippen LogP contribution in [0.4, 0.5) is 0 Å². The van der Waals surface area contributed by atoms with E-state index >= 15 is 0 Å². The van der Waals surface area contributed by atoms with Crippen LogP contribution in [-0.2, 0) is 0 Å². The number of rotatable bonds is 1. The van der Waals surface area contributed by atoms with Crippen LogP contribution in [0.5, 0.6) is 5.75 Å². The number of benzene rings is 2. The first-order chi connectivity index (χ1) is 7.61. The molecule has 4 heteroatoms. The molecule has 0 saturated heterocycles. The molecule has 2 aromatic carbocycles. The Hall–Kier alpha value is -0.890. The van der Waals surface area contributed by atoms with Crippen molar-refractivity contribution in [1.82, 2.24) is 0 Å². The molecule has 16 heavy (non-hydrogen) atoms. The zero-order valence-corrected chi connectivity index (χ0v) is 10.3. The second-order valence-electron chi connectivity index (χ2n) is 3.25. The Labute approximate surface area is 108 Å². The molecule has 2 rings (SSSR count). The van der Waals surface area contributed by atoms with Crippen LogP contribution in [-0.4, -0.2) is 5.11 Å². The highest BCUT2D eigenvalue weighted by molar-refractivity contribution is 6.47. The van der Waals surface area contributed by atoms with E-state index in [4.69, 9.17) is 34.8 Å². The minimum atomic E-state index is -0.114. The zero-order chi connectivity index (χ0) is 11.7. The van der Waals surface area contributed by atoms with Crippen LogP contribution in [0, 0.1) is 0 Å². The molecule has 82 valence electrons. The first-order valence-electron chi connectivity index (χ1n) is 4.53. The average molecular weight is 274 g/mol. The maximum absolute atomic E-state index is 9.45. The molecule has 0 aromatic heterocycles. The molecule has 0 aliphatic carbocycles. The van der Waals surface area contributed by atoms with Gasteiger partial charge in [0.25, 0.3) is 0 Å². The molecular formula is C12H7Cl3O. The molecule has 0 unspecified atom stereocenters. The molecule has 0 atom stereocenters. The standard InChI is InChI=1S/C12H7Cl3O/c13-8-6-9(16)11(14)12(15)10(8)7-4-2-1-3-5-7/h1-6,16H. The highest BCUT2D eigenvalue weighted by Gasteiger charge is 2.15. The largest absolute Gasteiger partial charge is 0.506 e. The van der Waals surface area contributed by atoms with Gasteiger partial charge in [0.1, 0.15) is 10.8 Å². The Morgan fingerprint density at radius 2 is 1.50 bits per heavy atom. The summed E-state index contributed by atoms with van der Waals surface area (Å²) in [4.78, 5) is 0. The number of hydrogen-bond donors (Lipinski definition) is 1. The smallest absolute Gasteiger partial charge is 0.137 e. The Morgan fingerprint density at radius 3 is 2.12 bits per heavy atom. The van der Waals surface area contributed by atoms with Crippen LogP contribution >= 0.6 is 34.8 Å². The highest BCUT2D eigenvalue weighted by atomic mass is 35.5. The Balaban J connectivity index is 2.71. The molecule has 0 heterocycles. The monoisotopic (exact) mass is 272 g/mol. The van der Waals surface area contributed by atoms with E-state index in [2.05, 4.69) is 0 Å². The van der Waals surface area contributed by atoms with Gasteiger partial charge in [-0.25, -0.2) is 0 Å². The molecule has 0 fully saturated rings. The molecule has 0 saturated carbocycles. The number of aromatic hydroxyl groups is 1. The summed E-state index contributed by atoms with van der Waals surface area (Å²) in [6.45, 7) is 0. The summed E-state index contributed by atoms with van der Waals surface area (Å²) in [5.74, 6) is -0.114. The quantitative estimate of drug-likeness (QED) is 0.723. The average Bonchev–Trinajstić information content (AvgIpc) is 2.28. The van der Waals surface area contributed by atoms with E-state index in [0.717, 1.165) is 5.56 Å². The lowest BCUT2D eigenvalue weighted by atomic mass is 10.1. The van der Waals surface area contributed by atoms with Crippen molar-refractivity contribution in [2.75, 3.05) is 0 Å². The lowest BCUT2D eigenvalue weighted by molar-refractivity contribution is 0.476. The minimum absolute atomic E-state index is 0.114. The van der Waals surface area contributed by atoms with Gasteiger partial charge < -0.3 is 5.11 Å². The third-order valence-electron chi connectivity index (χ3n) is 2.20. The van der Waals surface area contributed by atoms with Crippen molar-refractivity contribution in [3.05, 3.63) is 51.5 Å². The van der Waals surface area contributed by atoms with E-state index in [1.807, 2.05) is 30.3 Å². The second-order valence-corrected chi connectivity index (χ2v) is 4.41. The van der Waals surface area contributed by atoms with E-state index < -0.39 is 0 Å². The van der Waals surface area contributed by atoms with Gasteiger partial charge in [0, 0.05) is 11.6 Å². The van der Waals surface area contributed by atoms with Crippen molar-refractivity contribution in [3.63, 3.8) is 0 Å². The fraction of sp³-hybridized carbons (Fsp3) is 0. The lowest BCUT2D eigenvalue weighted by Gasteiger charge is -2.09. The van der Waals surface area contributed by atoms with Gasteiger partial charge >= 0.3 is 0 Å². The van der Waals surface area contributed by atoms with Crippen molar-refractivity contribution in [1.29, 1.82) is 0 Å². The second kappa shape index (κ2) is 4.54. The summed E-state index contributed by atoms with van der Waals surface area (Å²) in [6.07, 6.45) is 0. The molecule has 0 aliphatic rings. The molecule has 0 bridgehead atoms. The predicted octanol–water partition coefficient (Wildman–Crippen LogP) is 5.02. The normalized spacial score (nSPS) is 10.4. The molecular weight excluding hydrogens is 266 g/mol. The first kappa shape index (κ1) is 11.6. The summed E-state index contributed by atoms with van der Waals surface area (Å²) in [5.41, 5.74) is 1.49. The van der Waals surface area contributed by atoms with Crippen molar-refractivity contribution in [2.24, 2.45) is 0 Å². The highest BCUT2D eigenvalue weighted by Crippen LogP contribution is 2.43. The maximum Gasteiger partial charge on any atom is 0.137 e. The zero-order valence-electron chi connectivity index (χ0n) is 8.05. The Kier molecular flexibility index (Phi) is 3.29. The summed E-state index contributed by atoms with van der Waals surface area (Å²) in [7, 11) is 0. The predicted molar refractivity (Wildman–Crippen MR) is 68.6 cm³/mol. The third-order valence-corrected chi connectivity index (χ3v) is 3.36. The van der Waals surface area contributed by atoms with Gasteiger partial charge in [-0.05, 0) is 5.56 Å². The van der Waals surface area contributed by atoms with Crippen LogP contribution in [0.3, 0.4) is 0 Å². The van der Waals surface area contributed by atoms with Crippen molar-refractivity contribution in [3.8, 4) is 16.9 Å². The third kappa shape index (κ3) is 1.99. The SMILES string of the molecule is Oc1cc(Cl)c(-c2ccccc2)c(Cl)c1Cl. The van der Waals surface area contributed by atoms with Gasteiger partial charge in [-0.2, -0.15) is 0 Å². The van der Waals surface area contributed by atoms with Gasteiger partial charge in [0.05, 0.1) is 10.0 Å². The first-order valence-corrected chi connectivity index (χ1v) is 5.66. The molecule has 1 nitrogen and oxygen atoms in total. The fourth-order valence-corrected chi connectivity index (χ4v) is 2.26. The fourth-order valence-electron chi connectivity index (χ4n) is 1.45. The van der Waals surface area contributed by atoms with Crippen molar-refractivity contribution in [2.45, 2.75) is 0 Å². The number of halogens is 3. The Morgan fingerprint density at radius 1 is 0.875 bits per heavy atom. The molecule has 0 amide bonds. The van der Waals surface area contributed by atoms with Crippen molar-refractivity contribution >= 4 is 34.8 Å². The van der Waals surface area contributed by atoms with Crippen molar-refractivity contribution < 1.29 is 5.11 Å². The van der Waals surface area contributed by atoms with E-state index in [9.17, 15) is 5.11 Å². The van der Waals surface area contributed by atoms with E-state index in [1.54, 1.807) is 0 Å². The Bertz CT molecular complexity index is 524. The number of hydrogen-bond acceptors (Lipinski definition) is 1. The topological polar surface area (TPSA) is 20.2 Å². The summed E-state index contributed by atoms with van der Waals surface area (Å²) in [5, 5.41) is 10.2. The van der Waals surface area contributed by atoms with Crippen LogP contribution in [0.1, 0.15) is 0 Å². The number of phenolic OH excluding ortho intramolecular Hbond substituents is 1. The van der Waals surface area contributed by atoms with Gasteiger partial charge in [-0.3, -0.25) is 0 Å². The van der Waals surface area contributed by atoms with Crippen LogP contribution in [0.2, 0.25) is 15.1 Å². The van der Waals surface area contributed by atoms with Crippen LogP contribution in [0.25, 0.3) is 11.1 Å². The molecule has 0 spiro atoms. The molecule has 1 N–H and O–H groups in total. The van der Waals surface area contributed by atoms with Crippen LogP contribution in [0.15, 0.2) is 36.4 Å².